The van der Waals surface area contributed by atoms with Crippen molar-refractivity contribution in [1.29, 1.82) is 0 Å². The molecule has 0 aliphatic carbocycles. The molecular formula is C12H13FOS. The first kappa shape index (κ1) is 12.0. The lowest BCUT2D eigenvalue weighted by molar-refractivity contribution is -0.109. The van der Waals surface area contributed by atoms with Crippen LogP contribution in [0.15, 0.2) is 24.3 Å². The third-order valence-electron chi connectivity index (χ3n) is 1.99. The molecule has 0 bridgehead atoms. The van der Waals surface area contributed by atoms with Gasteiger partial charge in [0.1, 0.15) is 5.82 Å². The van der Waals surface area contributed by atoms with Gasteiger partial charge in [0.2, 0.25) is 0 Å². The summed E-state index contributed by atoms with van der Waals surface area (Å²) in [6.45, 7) is 3.28. The summed E-state index contributed by atoms with van der Waals surface area (Å²) >= 11 is 1.24. The summed E-state index contributed by atoms with van der Waals surface area (Å²) in [7, 11) is 0. The minimum absolute atomic E-state index is 0.0932. The fourth-order valence-electron chi connectivity index (χ4n) is 1.15. The molecule has 0 aromatic heterocycles. The first-order chi connectivity index (χ1) is 7.11. The van der Waals surface area contributed by atoms with Crippen molar-refractivity contribution in [2.45, 2.75) is 13.8 Å². The van der Waals surface area contributed by atoms with Crippen LogP contribution in [0.4, 0.5) is 4.39 Å². The molecule has 1 aromatic rings. The number of halogens is 1. The number of hydrogen-bond donors (Lipinski definition) is 0. The number of benzene rings is 1. The maximum atomic E-state index is 13.1. The molecule has 1 aromatic carbocycles. The van der Waals surface area contributed by atoms with Crippen molar-refractivity contribution in [3.8, 4) is 0 Å². The summed E-state index contributed by atoms with van der Waals surface area (Å²) in [5.74, 6) is 0.432. The third kappa shape index (κ3) is 3.88. The van der Waals surface area contributed by atoms with E-state index in [0.717, 1.165) is 5.56 Å². The Kier molecular flexibility index (Phi) is 4.56. The normalized spacial score (nSPS) is 10.9. The highest BCUT2D eigenvalue weighted by Gasteiger charge is 1.99. The highest BCUT2D eigenvalue weighted by atomic mass is 32.2. The monoisotopic (exact) mass is 224 g/mol. The maximum absolute atomic E-state index is 13.1. The van der Waals surface area contributed by atoms with Gasteiger partial charge in [0, 0.05) is 12.7 Å². The molecule has 1 nitrogen and oxygen atoms in total. The largest absolute Gasteiger partial charge is 0.288 e. The topological polar surface area (TPSA) is 17.1 Å². The minimum Gasteiger partial charge on any atom is -0.288 e. The highest BCUT2D eigenvalue weighted by Crippen LogP contribution is 2.14. The van der Waals surface area contributed by atoms with E-state index in [0.29, 0.717) is 11.3 Å². The van der Waals surface area contributed by atoms with Crippen molar-refractivity contribution in [2.24, 2.45) is 0 Å². The molecule has 0 amide bonds. The van der Waals surface area contributed by atoms with Gasteiger partial charge in [-0.1, -0.05) is 36.0 Å². The molecule has 0 aliphatic rings. The van der Waals surface area contributed by atoms with E-state index in [1.165, 1.54) is 24.8 Å². The van der Waals surface area contributed by atoms with E-state index in [1.54, 1.807) is 13.0 Å². The zero-order valence-electron chi connectivity index (χ0n) is 8.79. The van der Waals surface area contributed by atoms with Crippen molar-refractivity contribution in [3.05, 3.63) is 41.2 Å². The van der Waals surface area contributed by atoms with E-state index < -0.39 is 0 Å². The van der Waals surface area contributed by atoms with Crippen LogP contribution >= 0.6 is 11.8 Å². The molecule has 0 saturated heterocycles. The van der Waals surface area contributed by atoms with Gasteiger partial charge in [-0.15, -0.1) is 0 Å². The lowest BCUT2D eigenvalue weighted by atomic mass is 10.1. The van der Waals surface area contributed by atoms with Gasteiger partial charge in [0.05, 0.1) is 0 Å². The molecule has 80 valence electrons. The number of rotatable bonds is 3. The van der Waals surface area contributed by atoms with E-state index in [-0.39, 0.29) is 10.9 Å². The third-order valence-corrected chi connectivity index (χ3v) is 2.76. The second-order valence-electron chi connectivity index (χ2n) is 3.16. The van der Waals surface area contributed by atoms with Crippen molar-refractivity contribution >= 4 is 23.0 Å². The van der Waals surface area contributed by atoms with Crippen molar-refractivity contribution < 1.29 is 9.18 Å². The Hall–Kier alpha value is -1.09. The summed E-state index contributed by atoms with van der Waals surface area (Å²) in [6.07, 6.45) is 3.71. The molecule has 0 fully saturated rings. The second kappa shape index (κ2) is 5.71. The van der Waals surface area contributed by atoms with Crippen molar-refractivity contribution in [3.63, 3.8) is 0 Å². The summed E-state index contributed by atoms with van der Waals surface area (Å²) in [4.78, 5) is 10.6. The van der Waals surface area contributed by atoms with Crippen LogP contribution in [0.25, 0.3) is 6.08 Å². The standard InChI is InChI=1S/C12H13FOS/c1-9-11(5-3-7-12(9)13)6-4-8-15-10(2)14/h3-7H,8H2,1-2H3. The highest BCUT2D eigenvalue weighted by molar-refractivity contribution is 8.13. The zero-order valence-corrected chi connectivity index (χ0v) is 9.60. The maximum Gasteiger partial charge on any atom is 0.186 e. The Morgan fingerprint density at radius 3 is 2.93 bits per heavy atom. The van der Waals surface area contributed by atoms with Crippen LogP contribution in [0.1, 0.15) is 18.1 Å². The van der Waals surface area contributed by atoms with Gasteiger partial charge >= 0.3 is 0 Å². The van der Waals surface area contributed by atoms with Crippen LogP contribution in [-0.2, 0) is 4.79 Å². The molecule has 15 heavy (non-hydrogen) atoms. The average molecular weight is 224 g/mol. The Morgan fingerprint density at radius 2 is 2.27 bits per heavy atom. The Balaban J connectivity index is 2.64. The van der Waals surface area contributed by atoms with Crippen molar-refractivity contribution in [2.75, 3.05) is 5.75 Å². The molecule has 0 radical (unpaired) electrons. The number of thioether (sulfide) groups is 1. The Labute approximate surface area is 93.4 Å². The first-order valence-corrected chi connectivity index (χ1v) is 5.65. The van der Waals surface area contributed by atoms with Crippen LogP contribution < -0.4 is 0 Å². The van der Waals surface area contributed by atoms with Gasteiger partial charge in [-0.3, -0.25) is 4.79 Å². The predicted octanol–water partition coefficient (Wildman–Crippen LogP) is 3.43. The van der Waals surface area contributed by atoms with E-state index in [4.69, 9.17) is 0 Å². The van der Waals surface area contributed by atoms with E-state index in [9.17, 15) is 9.18 Å². The molecule has 0 aliphatic heterocycles. The van der Waals surface area contributed by atoms with Crippen LogP contribution in [0, 0.1) is 12.7 Å². The van der Waals surface area contributed by atoms with Gasteiger partial charge in [-0.05, 0) is 24.1 Å². The van der Waals surface area contributed by atoms with Crippen molar-refractivity contribution in [1.82, 2.24) is 0 Å². The SMILES string of the molecule is CC(=O)SCC=Cc1cccc(F)c1C. The van der Waals surface area contributed by atoms with Gasteiger partial charge in [-0.25, -0.2) is 4.39 Å². The average Bonchev–Trinajstić information content (AvgIpc) is 2.18. The quantitative estimate of drug-likeness (QED) is 0.782. The molecule has 0 spiro atoms. The molecule has 1 rings (SSSR count). The number of carbonyl (C=O) groups excluding carboxylic acids is 1. The van der Waals surface area contributed by atoms with Gasteiger partial charge in [-0.2, -0.15) is 0 Å². The minimum atomic E-state index is -0.198. The molecule has 0 atom stereocenters. The molecule has 0 N–H and O–H groups in total. The number of hydrogen-bond acceptors (Lipinski definition) is 2. The lowest BCUT2D eigenvalue weighted by Gasteiger charge is -2.00. The van der Waals surface area contributed by atoms with Gasteiger partial charge in [0.25, 0.3) is 0 Å². The van der Waals surface area contributed by atoms with Crippen LogP contribution in [-0.4, -0.2) is 10.9 Å². The number of carbonyl (C=O) groups is 1. The molecule has 0 unspecified atom stereocenters. The van der Waals surface area contributed by atoms with E-state index in [1.807, 2.05) is 18.2 Å². The van der Waals surface area contributed by atoms with Gasteiger partial charge < -0.3 is 0 Å². The van der Waals surface area contributed by atoms with Crippen LogP contribution in [0.2, 0.25) is 0 Å². The zero-order chi connectivity index (χ0) is 11.3. The Morgan fingerprint density at radius 1 is 1.53 bits per heavy atom. The Bertz CT molecular complexity index is 385. The van der Waals surface area contributed by atoms with Gasteiger partial charge in [0.15, 0.2) is 5.12 Å². The predicted molar refractivity (Wildman–Crippen MR) is 63.3 cm³/mol. The van der Waals surface area contributed by atoms with Crippen LogP contribution in [0.5, 0.6) is 0 Å². The van der Waals surface area contributed by atoms with E-state index in [2.05, 4.69) is 0 Å². The smallest absolute Gasteiger partial charge is 0.186 e. The van der Waals surface area contributed by atoms with Crippen LogP contribution in [0.3, 0.4) is 0 Å². The first-order valence-electron chi connectivity index (χ1n) is 4.66. The molecule has 0 heterocycles. The van der Waals surface area contributed by atoms with E-state index >= 15 is 0 Å². The molecule has 3 heteroatoms. The molecular weight excluding hydrogens is 211 g/mol. The molecule has 0 saturated carbocycles. The second-order valence-corrected chi connectivity index (χ2v) is 4.36. The summed E-state index contributed by atoms with van der Waals surface area (Å²) in [5, 5.41) is 0.0932. The summed E-state index contributed by atoms with van der Waals surface area (Å²) in [5.41, 5.74) is 1.50. The fraction of sp³-hybridized carbons (Fsp3) is 0.250. The summed E-state index contributed by atoms with van der Waals surface area (Å²) < 4.78 is 13.1. The lowest BCUT2D eigenvalue weighted by Crippen LogP contribution is -1.86. The fourth-order valence-corrected chi connectivity index (χ4v) is 1.57. The summed E-state index contributed by atoms with van der Waals surface area (Å²) in [6, 6.07) is 4.98.